The summed E-state index contributed by atoms with van der Waals surface area (Å²) >= 11 is 0. The monoisotopic (exact) mass is 327 g/mol. The topological polar surface area (TPSA) is 78.5 Å². The highest BCUT2D eigenvalue weighted by molar-refractivity contribution is 6.01. The van der Waals surface area contributed by atoms with E-state index in [-0.39, 0.29) is 30.1 Å². The van der Waals surface area contributed by atoms with Gasteiger partial charge in [0.25, 0.3) is 5.91 Å². The highest BCUT2D eigenvalue weighted by atomic mass is 16.2. The molecule has 126 valence electrons. The largest absolute Gasteiger partial charge is 0.348 e. The fourth-order valence-corrected chi connectivity index (χ4v) is 4.01. The third-order valence-electron chi connectivity index (χ3n) is 5.36. The second-order valence-electron chi connectivity index (χ2n) is 6.93. The van der Waals surface area contributed by atoms with E-state index in [9.17, 15) is 14.4 Å². The molecule has 0 aromatic heterocycles. The van der Waals surface area contributed by atoms with E-state index in [1.807, 2.05) is 17.0 Å². The highest BCUT2D eigenvalue weighted by Gasteiger charge is 2.38. The van der Waals surface area contributed by atoms with Crippen molar-refractivity contribution in [3.8, 4) is 0 Å². The highest BCUT2D eigenvalue weighted by Crippen LogP contribution is 2.30. The van der Waals surface area contributed by atoms with Crippen LogP contribution in [0.2, 0.25) is 0 Å². The molecule has 0 spiro atoms. The molecular weight excluding hydrogens is 306 g/mol. The predicted molar refractivity (Wildman–Crippen MR) is 88.3 cm³/mol. The molecule has 24 heavy (non-hydrogen) atoms. The Hall–Kier alpha value is -2.37. The molecule has 1 aromatic carbocycles. The van der Waals surface area contributed by atoms with E-state index in [1.165, 1.54) is 12.8 Å². The molecule has 1 atom stereocenters. The Morgan fingerprint density at radius 2 is 2.00 bits per heavy atom. The van der Waals surface area contributed by atoms with Gasteiger partial charge in [-0.25, -0.2) is 0 Å². The van der Waals surface area contributed by atoms with Gasteiger partial charge in [0.2, 0.25) is 11.8 Å². The molecule has 0 radical (unpaired) electrons. The first-order chi connectivity index (χ1) is 11.6. The van der Waals surface area contributed by atoms with Crippen LogP contribution in [0.3, 0.4) is 0 Å². The van der Waals surface area contributed by atoms with Gasteiger partial charge in [0.05, 0.1) is 5.92 Å². The summed E-state index contributed by atoms with van der Waals surface area (Å²) in [5.41, 5.74) is 2.17. The average molecular weight is 327 g/mol. The van der Waals surface area contributed by atoms with Crippen LogP contribution in [0.15, 0.2) is 18.2 Å². The predicted octanol–water partition coefficient (Wildman–Crippen LogP) is 1.66. The smallest absolute Gasteiger partial charge is 0.251 e. The number of amides is 3. The maximum atomic E-state index is 12.5. The molecule has 2 N–H and O–H groups in total. The number of nitrogens with zero attached hydrogens (tertiary/aromatic N) is 1. The summed E-state index contributed by atoms with van der Waals surface area (Å²) in [5.74, 6) is -0.456. The SMILES string of the molecule is O=C1NCc2ccc(NC(=O)[C@@H]3CC(=O)N(C4CCCC4)C3)cc21. The Bertz CT molecular complexity index is 709. The molecule has 0 bridgehead atoms. The van der Waals surface area contributed by atoms with Gasteiger partial charge in [-0.15, -0.1) is 0 Å². The lowest BCUT2D eigenvalue weighted by Gasteiger charge is -2.23. The first kappa shape index (κ1) is 15.2. The average Bonchev–Trinajstić information content (AvgIpc) is 3.28. The maximum Gasteiger partial charge on any atom is 0.251 e. The van der Waals surface area contributed by atoms with Gasteiger partial charge in [-0.2, -0.15) is 0 Å². The van der Waals surface area contributed by atoms with Crippen LogP contribution in [0.25, 0.3) is 0 Å². The summed E-state index contributed by atoms with van der Waals surface area (Å²) < 4.78 is 0. The van der Waals surface area contributed by atoms with Crippen LogP contribution in [0.1, 0.15) is 48.0 Å². The Morgan fingerprint density at radius 1 is 1.21 bits per heavy atom. The fraction of sp³-hybridized carbons (Fsp3) is 0.500. The van der Waals surface area contributed by atoms with Crippen molar-refractivity contribution in [3.63, 3.8) is 0 Å². The minimum absolute atomic E-state index is 0.0929. The Balaban J connectivity index is 1.42. The van der Waals surface area contributed by atoms with Gasteiger partial charge < -0.3 is 15.5 Å². The molecule has 3 amide bonds. The number of rotatable bonds is 3. The van der Waals surface area contributed by atoms with Crippen molar-refractivity contribution >= 4 is 23.4 Å². The quantitative estimate of drug-likeness (QED) is 0.886. The van der Waals surface area contributed by atoms with Gasteiger partial charge in [0.1, 0.15) is 0 Å². The van der Waals surface area contributed by atoms with Crippen molar-refractivity contribution in [2.75, 3.05) is 11.9 Å². The second kappa shape index (κ2) is 5.92. The van der Waals surface area contributed by atoms with Crippen LogP contribution in [0.5, 0.6) is 0 Å². The van der Waals surface area contributed by atoms with E-state index >= 15 is 0 Å². The number of anilines is 1. The van der Waals surface area contributed by atoms with Crippen molar-refractivity contribution in [2.24, 2.45) is 5.92 Å². The van der Waals surface area contributed by atoms with Crippen LogP contribution in [0, 0.1) is 5.92 Å². The van der Waals surface area contributed by atoms with Gasteiger partial charge in [0, 0.05) is 36.8 Å². The maximum absolute atomic E-state index is 12.5. The van der Waals surface area contributed by atoms with Gasteiger partial charge in [-0.05, 0) is 30.5 Å². The van der Waals surface area contributed by atoms with Crippen LogP contribution < -0.4 is 10.6 Å². The Morgan fingerprint density at radius 3 is 2.79 bits per heavy atom. The first-order valence-electron chi connectivity index (χ1n) is 8.63. The van der Waals surface area contributed by atoms with Crippen molar-refractivity contribution in [2.45, 2.75) is 44.7 Å². The molecule has 6 heteroatoms. The minimum Gasteiger partial charge on any atom is -0.348 e. The third kappa shape index (κ3) is 2.66. The lowest BCUT2D eigenvalue weighted by molar-refractivity contribution is -0.129. The molecule has 4 rings (SSSR count). The molecule has 2 aliphatic heterocycles. The fourth-order valence-electron chi connectivity index (χ4n) is 4.01. The lowest BCUT2D eigenvalue weighted by Crippen LogP contribution is -2.35. The zero-order valence-electron chi connectivity index (χ0n) is 13.5. The van der Waals surface area contributed by atoms with Crippen molar-refractivity contribution < 1.29 is 14.4 Å². The van der Waals surface area contributed by atoms with Gasteiger partial charge >= 0.3 is 0 Å². The summed E-state index contributed by atoms with van der Waals surface area (Å²) in [6.45, 7) is 1.05. The van der Waals surface area contributed by atoms with E-state index < -0.39 is 0 Å². The normalized spacial score (nSPS) is 23.5. The molecule has 6 nitrogen and oxygen atoms in total. The van der Waals surface area contributed by atoms with Crippen molar-refractivity contribution in [3.05, 3.63) is 29.3 Å². The van der Waals surface area contributed by atoms with E-state index in [1.54, 1.807) is 6.07 Å². The zero-order valence-corrected chi connectivity index (χ0v) is 13.5. The number of likely N-dealkylation sites (tertiary alicyclic amines) is 1. The molecular formula is C18H21N3O3. The lowest BCUT2D eigenvalue weighted by atomic mass is 10.1. The number of carbonyl (C=O) groups is 3. The molecule has 0 unspecified atom stereocenters. The van der Waals surface area contributed by atoms with E-state index in [0.29, 0.717) is 30.4 Å². The second-order valence-corrected chi connectivity index (χ2v) is 6.93. The van der Waals surface area contributed by atoms with Crippen LogP contribution in [-0.4, -0.2) is 35.2 Å². The first-order valence-corrected chi connectivity index (χ1v) is 8.63. The van der Waals surface area contributed by atoms with Gasteiger partial charge in [-0.1, -0.05) is 18.9 Å². The van der Waals surface area contributed by atoms with E-state index in [0.717, 1.165) is 18.4 Å². The number of fused-ring (bicyclic) bond motifs is 1. The number of hydrogen-bond acceptors (Lipinski definition) is 3. The van der Waals surface area contributed by atoms with E-state index in [4.69, 9.17) is 0 Å². The molecule has 3 aliphatic rings. The number of nitrogens with one attached hydrogen (secondary N) is 2. The van der Waals surface area contributed by atoms with Crippen LogP contribution >= 0.6 is 0 Å². The molecule has 1 aromatic rings. The standard InChI is InChI=1S/C18H21N3O3/c22-16-7-12(10-21(16)14-3-1-2-4-14)17(23)20-13-6-5-11-9-19-18(24)15(11)8-13/h5-6,8,12,14H,1-4,7,9-10H2,(H,19,24)(H,20,23)/t12-/m1/s1. The Kier molecular flexibility index (Phi) is 3.75. The van der Waals surface area contributed by atoms with Gasteiger partial charge in [-0.3, -0.25) is 14.4 Å². The number of hydrogen-bond donors (Lipinski definition) is 2. The summed E-state index contributed by atoms with van der Waals surface area (Å²) in [7, 11) is 0. The number of benzene rings is 1. The Labute approximate surface area is 140 Å². The summed E-state index contributed by atoms with van der Waals surface area (Å²) in [5, 5.41) is 5.63. The minimum atomic E-state index is -0.305. The summed E-state index contributed by atoms with van der Waals surface area (Å²) in [6, 6.07) is 5.69. The molecule has 2 fully saturated rings. The molecule has 1 saturated carbocycles. The molecule has 1 aliphatic carbocycles. The van der Waals surface area contributed by atoms with Crippen molar-refractivity contribution in [1.29, 1.82) is 0 Å². The molecule has 2 heterocycles. The number of carbonyl (C=O) groups excluding carboxylic acids is 3. The summed E-state index contributed by atoms with van der Waals surface area (Å²) in [6.07, 6.45) is 4.73. The zero-order chi connectivity index (χ0) is 16.7. The van der Waals surface area contributed by atoms with Crippen molar-refractivity contribution in [1.82, 2.24) is 10.2 Å². The third-order valence-corrected chi connectivity index (χ3v) is 5.36. The van der Waals surface area contributed by atoms with Crippen LogP contribution in [-0.2, 0) is 16.1 Å². The molecule has 1 saturated heterocycles. The van der Waals surface area contributed by atoms with Crippen LogP contribution in [0.4, 0.5) is 5.69 Å². The summed E-state index contributed by atoms with van der Waals surface area (Å²) in [4.78, 5) is 38.3. The van der Waals surface area contributed by atoms with Gasteiger partial charge in [0.15, 0.2) is 0 Å². The van der Waals surface area contributed by atoms with E-state index in [2.05, 4.69) is 10.6 Å².